The zero-order chi connectivity index (χ0) is 19.5. The number of Topliss-reactive ketones (excluding diaryl/α,β-unsaturated/α-hetero) is 1. The molecule has 0 N–H and O–H groups in total. The third-order valence-electron chi connectivity index (χ3n) is 3.58. The summed E-state index contributed by atoms with van der Waals surface area (Å²) in [7, 11) is 4.50. The summed E-state index contributed by atoms with van der Waals surface area (Å²) in [6.07, 6.45) is 0. The van der Waals surface area contributed by atoms with E-state index in [1.165, 1.54) is 21.3 Å². The molecule has 0 unspecified atom stereocenters. The molecule has 0 saturated heterocycles. The van der Waals surface area contributed by atoms with Crippen LogP contribution in [0.1, 0.15) is 15.9 Å². The van der Waals surface area contributed by atoms with Crippen molar-refractivity contribution in [3.05, 3.63) is 53.6 Å². The maximum atomic E-state index is 12.6. The summed E-state index contributed by atoms with van der Waals surface area (Å²) in [5.74, 6) is 0.862. The Balaban J connectivity index is 2.14. The van der Waals surface area contributed by atoms with E-state index < -0.39 is 0 Å². The van der Waals surface area contributed by atoms with Crippen LogP contribution in [0.2, 0.25) is 0 Å². The molecule has 0 aromatic heterocycles. The molecule has 27 heavy (non-hydrogen) atoms. The predicted octanol–water partition coefficient (Wildman–Crippen LogP) is 3.06. The molecule has 0 atom stereocenters. The molecule has 0 fully saturated rings. The van der Waals surface area contributed by atoms with Crippen molar-refractivity contribution < 1.29 is 33.2 Å². The maximum Gasteiger partial charge on any atom is 0.192 e. The van der Waals surface area contributed by atoms with E-state index in [1.54, 1.807) is 12.1 Å². The molecule has 0 amide bonds. The summed E-state index contributed by atoms with van der Waals surface area (Å²) < 4.78 is 31.7. The number of hydrogen-bond donors (Lipinski definition) is 0. The van der Waals surface area contributed by atoms with Gasteiger partial charge in [0, 0.05) is 20.3 Å². The van der Waals surface area contributed by atoms with Crippen molar-refractivity contribution in [2.75, 3.05) is 41.5 Å². The molecule has 0 aliphatic heterocycles. The minimum absolute atomic E-state index is 0.0127. The van der Waals surface area contributed by atoms with E-state index in [1.807, 2.05) is 30.3 Å². The first-order chi connectivity index (χ1) is 13.2. The molecule has 0 bridgehead atoms. The highest BCUT2D eigenvalue weighted by molar-refractivity contribution is 6.00. The lowest BCUT2D eigenvalue weighted by Gasteiger charge is -2.16. The predicted molar refractivity (Wildman–Crippen MR) is 98.4 cm³/mol. The highest BCUT2D eigenvalue weighted by Crippen LogP contribution is 2.35. The van der Waals surface area contributed by atoms with Crippen molar-refractivity contribution in [1.82, 2.24) is 0 Å². The van der Waals surface area contributed by atoms with E-state index in [0.29, 0.717) is 29.4 Å². The third-order valence-corrected chi connectivity index (χ3v) is 3.58. The van der Waals surface area contributed by atoms with Gasteiger partial charge in [0.2, 0.25) is 0 Å². The molecular weight excluding hydrogens is 352 g/mol. The molecule has 0 aliphatic carbocycles. The van der Waals surface area contributed by atoms with Gasteiger partial charge in [-0.15, -0.1) is 0 Å². The Bertz CT molecular complexity index is 716. The standard InChI is InChI=1S/C20H24O7/c1-22-13-26-18-10-20(27-14-23-2)19(24-3)9-16(18)17(21)12-25-11-15-7-5-4-6-8-15/h4-10H,11-14H2,1-3H3. The van der Waals surface area contributed by atoms with Gasteiger partial charge in [0.05, 0.1) is 19.3 Å². The van der Waals surface area contributed by atoms with Gasteiger partial charge in [-0.05, 0) is 11.6 Å². The molecule has 7 nitrogen and oxygen atoms in total. The monoisotopic (exact) mass is 376 g/mol. The summed E-state index contributed by atoms with van der Waals surface area (Å²) in [5, 5.41) is 0. The van der Waals surface area contributed by atoms with Crippen molar-refractivity contribution in [2.24, 2.45) is 0 Å². The molecule has 2 aromatic rings. The van der Waals surface area contributed by atoms with Crippen molar-refractivity contribution >= 4 is 5.78 Å². The quantitative estimate of drug-likeness (QED) is 0.416. The molecule has 2 rings (SSSR count). The van der Waals surface area contributed by atoms with Gasteiger partial charge in [0.25, 0.3) is 0 Å². The van der Waals surface area contributed by atoms with Gasteiger partial charge in [-0.25, -0.2) is 0 Å². The zero-order valence-corrected chi connectivity index (χ0v) is 15.7. The summed E-state index contributed by atoms with van der Waals surface area (Å²) in [6.45, 7) is 0.265. The Kier molecular flexibility index (Phi) is 8.57. The Morgan fingerprint density at radius 2 is 1.52 bits per heavy atom. The van der Waals surface area contributed by atoms with Gasteiger partial charge in [0.15, 0.2) is 30.9 Å². The van der Waals surface area contributed by atoms with Crippen LogP contribution in [0.15, 0.2) is 42.5 Å². The Labute approximate surface area is 158 Å². The number of hydrogen-bond acceptors (Lipinski definition) is 7. The molecule has 2 aromatic carbocycles. The first-order valence-electron chi connectivity index (χ1n) is 8.30. The highest BCUT2D eigenvalue weighted by Gasteiger charge is 2.19. The second kappa shape index (κ2) is 11.2. The van der Waals surface area contributed by atoms with Crippen LogP contribution >= 0.6 is 0 Å². The zero-order valence-electron chi connectivity index (χ0n) is 15.7. The topological polar surface area (TPSA) is 72.5 Å². The summed E-state index contributed by atoms with van der Waals surface area (Å²) in [5.41, 5.74) is 1.31. The fourth-order valence-corrected chi connectivity index (χ4v) is 2.31. The van der Waals surface area contributed by atoms with Crippen molar-refractivity contribution in [1.29, 1.82) is 0 Å². The lowest BCUT2D eigenvalue weighted by atomic mass is 10.1. The molecule has 146 valence electrons. The number of ketones is 1. The second-order valence-electron chi connectivity index (χ2n) is 5.50. The van der Waals surface area contributed by atoms with Crippen molar-refractivity contribution in [3.8, 4) is 17.2 Å². The Hall–Kier alpha value is -2.61. The van der Waals surface area contributed by atoms with Crippen molar-refractivity contribution in [2.45, 2.75) is 6.61 Å². The Morgan fingerprint density at radius 3 is 2.15 bits per heavy atom. The van der Waals surface area contributed by atoms with E-state index in [2.05, 4.69) is 0 Å². The van der Waals surface area contributed by atoms with E-state index in [4.69, 9.17) is 28.4 Å². The molecule has 0 spiro atoms. The average Bonchev–Trinajstić information content (AvgIpc) is 2.71. The van der Waals surface area contributed by atoms with Crippen LogP contribution in [0.3, 0.4) is 0 Å². The third kappa shape index (κ3) is 6.25. The molecule has 0 radical (unpaired) electrons. The smallest absolute Gasteiger partial charge is 0.192 e. The van der Waals surface area contributed by atoms with Gasteiger partial charge in [-0.2, -0.15) is 0 Å². The minimum Gasteiger partial charge on any atom is -0.493 e. The molecule has 0 heterocycles. The van der Waals surface area contributed by atoms with Crippen LogP contribution in [-0.2, 0) is 20.8 Å². The van der Waals surface area contributed by atoms with Gasteiger partial charge in [-0.1, -0.05) is 30.3 Å². The second-order valence-corrected chi connectivity index (χ2v) is 5.50. The number of methoxy groups -OCH3 is 3. The lowest BCUT2D eigenvalue weighted by molar-refractivity contribution is 0.0437. The summed E-state index contributed by atoms with van der Waals surface area (Å²) in [6, 6.07) is 12.8. The average molecular weight is 376 g/mol. The van der Waals surface area contributed by atoms with E-state index in [-0.39, 0.29) is 26.0 Å². The molecule has 0 saturated carbocycles. The number of benzene rings is 2. The molecule has 7 heteroatoms. The first-order valence-corrected chi connectivity index (χ1v) is 8.30. The van der Waals surface area contributed by atoms with Gasteiger partial charge in [-0.3, -0.25) is 4.79 Å². The number of rotatable bonds is 12. The van der Waals surface area contributed by atoms with Crippen molar-refractivity contribution in [3.63, 3.8) is 0 Å². The maximum absolute atomic E-state index is 12.6. The van der Waals surface area contributed by atoms with Crippen LogP contribution in [-0.4, -0.2) is 47.3 Å². The van der Waals surface area contributed by atoms with E-state index >= 15 is 0 Å². The summed E-state index contributed by atoms with van der Waals surface area (Å²) in [4.78, 5) is 12.6. The van der Waals surface area contributed by atoms with Crippen LogP contribution in [0.4, 0.5) is 0 Å². The van der Waals surface area contributed by atoms with Crippen LogP contribution in [0, 0.1) is 0 Å². The largest absolute Gasteiger partial charge is 0.493 e. The van der Waals surface area contributed by atoms with Gasteiger partial charge < -0.3 is 28.4 Å². The first kappa shape index (κ1) is 20.7. The number of carbonyl (C=O) groups is 1. The van der Waals surface area contributed by atoms with Gasteiger partial charge >= 0.3 is 0 Å². The Morgan fingerprint density at radius 1 is 0.852 bits per heavy atom. The normalized spacial score (nSPS) is 10.5. The van der Waals surface area contributed by atoms with Crippen LogP contribution in [0.25, 0.3) is 0 Å². The number of carbonyl (C=O) groups excluding carboxylic acids is 1. The van der Waals surface area contributed by atoms with E-state index in [9.17, 15) is 4.79 Å². The molecule has 0 aliphatic rings. The number of ether oxygens (including phenoxy) is 6. The summed E-state index contributed by atoms with van der Waals surface area (Å²) >= 11 is 0. The molecular formula is C20H24O7. The minimum atomic E-state index is -0.242. The fraction of sp³-hybridized carbons (Fsp3) is 0.350. The van der Waals surface area contributed by atoms with Crippen LogP contribution < -0.4 is 14.2 Å². The van der Waals surface area contributed by atoms with Crippen LogP contribution in [0.5, 0.6) is 17.2 Å². The van der Waals surface area contributed by atoms with E-state index in [0.717, 1.165) is 5.56 Å². The SMILES string of the molecule is COCOc1cc(OCOC)c(C(=O)COCc2ccccc2)cc1OC. The lowest BCUT2D eigenvalue weighted by Crippen LogP contribution is -2.13. The van der Waals surface area contributed by atoms with Gasteiger partial charge in [0.1, 0.15) is 12.4 Å². The highest BCUT2D eigenvalue weighted by atomic mass is 16.7. The fourth-order valence-electron chi connectivity index (χ4n) is 2.31.